The molecule has 4 nitrogen and oxygen atoms in total. The van der Waals surface area contributed by atoms with Crippen LogP contribution in [0.3, 0.4) is 0 Å². The molecule has 2 atom stereocenters. The van der Waals surface area contributed by atoms with Crippen molar-refractivity contribution in [3.05, 3.63) is 29.8 Å². The Bertz CT molecular complexity index is 456. The van der Waals surface area contributed by atoms with E-state index in [0.717, 1.165) is 11.3 Å². The highest BCUT2D eigenvalue weighted by Crippen LogP contribution is 2.30. The van der Waals surface area contributed by atoms with Crippen LogP contribution in [0.25, 0.3) is 0 Å². The van der Waals surface area contributed by atoms with Crippen LogP contribution in [-0.4, -0.2) is 24.5 Å². The number of rotatable bonds is 5. The zero-order valence-corrected chi connectivity index (χ0v) is 11.2. The molecule has 0 N–H and O–H groups in total. The van der Waals surface area contributed by atoms with Gasteiger partial charge in [0.25, 0.3) is 0 Å². The molecule has 0 bridgehead atoms. The zero-order valence-electron chi connectivity index (χ0n) is 11.2. The van der Waals surface area contributed by atoms with E-state index in [9.17, 15) is 9.59 Å². The van der Waals surface area contributed by atoms with E-state index in [1.54, 1.807) is 6.92 Å². The second-order valence-corrected chi connectivity index (χ2v) is 4.53. The number of ketones is 1. The first-order chi connectivity index (χ1) is 9.17. The summed E-state index contributed by atoms with van der Waals surface area (Å²) in [5.41, 5.74) is 1.01. The van der Waals surface area contributed by atoms with E-state index in [1.165, 1.54) is 0 Å². The van der Waals surface area contributed by atoms with Crippen molar-refractivity contribution in [2.24, 2.45) is 5.92 Å². The molecule has 1 aliphatic heterocycles. The van der Waals surface area contributed by atoms with Crippen molar-refractivity contribution in [2.75, 3.05) is 6.61 Å². The number of hydrogen-bond acceptors (Lipinski definition) is 4. The fourth-order valence-corrected chi connectivity index (χ4v) is 2.29. The third-order valence-corrected chi connectivity index (χ3v) is 3.29. The predicted octanol–water partition coefficient (Wildman–Crippen LogP) is 2.15. The Labute approximate surface area is 112 Å². The SMILES string of the molecule is CCOC(=O)C(CC)C(=O)C1Cc2ccccc2O1. The number of hydrogen-bond donors (Lipinski definition) is 0. The predicted molar refractivity (Wildman–Crippen MR) is 70.0 cm³/mol. The first-order valence-electron chi connectivity index (χ1n) is 6.62. The molecule has 1 heterocycles. The first kappa shape index (κ1) is 13.6. The first-order valence-corrected chi connectivity index (χ1v) is 6.62. The van der Waals surface area contributed by atoms with Crippen LogP contribution in [0.1, 0.15) is 25.8 Å². The van der Waals surface area contributed by atoms with Gasteiger partial charge in [-0.1, -0.05) is 25.1 Å². The number of carbonyl (C=O) groups excluding carboxylic acids is 2. The Morgan fingerprint density at radius 1 is 1.37 bits per heavy atom. The molecule has 0 radical (unpaired) electrons. The number of fused-ring (bicyclic) bond motifs is 1. The van der Waals surface area contributed by atoms with Gasteiger partial charge in [0.2, 0.25) is 0 Å². The maximum atomic E-state index is 12.3. The Hall–Kier alpha value is -1.84. The fraction of sp³-hybridized carbons (Fsp3) is 0.467. The maximum absolute atomic E-state index is 12.3. The molecule has 0 aromatic heterocycles. The standard InChI is InChI=1S/C15H18O4/c1-3-11(15(17)18-4-2)14(16)13-9-10-7-5-6-8-12(10)19-13/h5-8,11,13H,3-4,9H2,1-2H3. The Morgan fingerprint density at radius 2 is 2.11 bits per heavy atom. The van der Waals surface area contributed by atoms with E-state index in [1.807, 2.05) is 31.2 Å². The molecular weight excluding hydrogens is 244 g/mol. The van der Waals surface area contributed by atoms with Crippen molar-refractivity contribution in [3.63, 3.8) is 0 Å². The Balaban J connectivity index is 2.07. The van der Waals surface area contributed by atoms with Crippen LogP contribution in [-0.2, 0) is 20.7 Å². The van der Waals surface area contributed by atoms with Gasteiger partial charge in [0.05, 0.1) is 6.61 Å². The van der Waals surface area contributed by atoms with Gasteiger partial charge in [0.1, 0.15) is 11.7 Å². The number of benzene rings is 1. The monoisotopic (exact) mass is 262 g/mol. The van der Waals surface area contributed by atoms with Gasteiger partial charge in [-0.3, -0.25) is 9.59 Å². The summed E-state index contributed by atoms with van der Waals surface area (Å²) >= 11 is 0. The summed E-state index contributed by atoms with van der Waals surface area (Å²) in [6.07, 6.45) is 0.408. The van der Waals surface area contributed by atoms with Gasteiger partial charge in [-0.05, 0) is 25.0 Å². The number of carbonyl (C=O) groups is 2. The van der Waals surface area contributed by atoms with Crippen LogP contribution < -0.4 is 4.74 Å². The molecule has 4 heteroatoms. The summed E-state index contributed by atoms with van der Waals surface area (Å²) in [5.74, 6) is -0.620. The molecule has 1 aromatic carbocycles. The Morgan fingerprint density at radius 3 is 2.74 bits per heavy atom. The van der Waals surface area contributed by atoms with Crippen molar-refractivity contribution < 1.29 is 19.1 Å². The minimum atomic E-state index is -0.723. The van der Waals surface area contributed by atoms with Crippen LogP contribution in [0.15, 0.2) is 24.3 Å². The molecule has 1 aromatic rings. The van der Waals surface area contributed by atoms with Gasteiger partial charge in [0.15, 0.2) is 11.9 Å². The highest BCUT2D eigenvalue weighted by atomic mass is 16.5. The number of Topliss-reactive ketones (excluding diaryl/α,β-unsaturated/α-hetero) is 1. The normalized spacial score (nSPS) is 18.3. The van der Waals surface area contributed by atoms with Crippen molar-refractivity contribution in [1.29, 1.82) is 0 Å². The second kappa shape index (κ2) is 5.87. The molecule has 0 saturated carbocycles. The summed E-state index contributed by atoms with van der Waals surface area (Å²) < 4.78 is 10.6. The molecule has 0 amide bonds. The third-order valence-electron chi connectivity index (χ3n) is 3.29. The smallest absolute Gasteiger partial charge is 0.316 e. The summed E-state index contributed by atoms with van der Waals surface area (Å²) in [5, 5.41) is 0. The van der Waals surface area contributed by atoms with Gasteiger partial charge in [-0.2, -0.15) is 0 Å². The molecule has 2 unspecified atom stereocenters. The molecule has 0 aliphatic carbocycles. The molecule has 0 saturated heterocycles. The van der Waals surface area contributed by atoms with Gasteiger partial charge in [-0.15, -0.1) is 0 Å². The minimum absolute atomic E-state index is 0.183. The van der Waals surface area contributed by atoms with Crippen molar-refractivity contribution in [2.45, 2.75) is 32.8 Å². The van der Waals surface area contributed by atoms with Gasteiger partial charge < -0.3 is 9.47 Å². The lowest BCUT2D eigenvalue weighted by molar-refractivity contribution is -0.153. The molecule has 1 aliphatic rings. The maximum Gasteiger partial charge on any atom is 0.316 e. The average Bonchev–Trinajstić information content (AvgIpc) is 2.83. The summed E-state index contributed by atoms with van der Waals surface area (Å²) in [4.78, 5) is 24.1. The van der Waals surface area contributed by atoms with E-state index in [-0.39, 0.29) is 12.4 Å². The third kappa shape index (κ3) is 2.78. The lowest BCUT2D eigenvalue weighted by atomic mass is 9.95. The van der Waals surface area contributed by atoms with Crippen molar-refractivity contribution in [1.82, 2.24) is 0 Å². The quantitative estimate of drug-likeness (QED) is 0.602. The largest absolute Gasteiger partial charge is 0.482 e. The van der Waals surface area contributed by atoms with E-state index in [4.69, 9.17) is 9.47 Å². The molecule has 102 valence electrons. The van der Waals surface area contributed by atoms with Gasteiger partial charge in [0, 0.05) is 6.42 Å². The molecular formula is C15H18O4. The summed E-state index contributed by atoms with van der Waals surface area (Å²) in [6, 6.07) is 7.56. The average molecular weight is 262 g/mol. The van der Waals surface area contributed by atoms with Crippen molar-refractivity contribution in [3.8, 4) is 5.75 Å². The summed E-state index contributed by atoms with van der Waals surface area (Å²) in [6.45, 7) is 3.83. The van der Waals surface area contributed by atoms with E-state index in [2.05, 4.69) is 0 Å². The minimum Gasteiger partial charge on any atom is -0.482 e. The molecule has 19 heavy (non-hydrogen) atoms. The topological polar surface area (TPSA) is 52.6 Å². The van der Waals surface area contributed by atoms with Crippen LogP contribution >= 0.6 is 0 Å². The molecule has 2 rings (SSSR count). The van der Waals surface area contributed by atoms with Crippen molar-refractivity contribution >= 4 is 11.8 Å². The van der Waals surface area contributed by atoms with E-state index in [0.29, 0.717) is 12.8 Å². The lowest BCUT2D eigenvalue weighted by Gasteiger charge is -2.16. The van der Waals surface area contributed by atoms with Crippen LogP contribution in [0.2, 0.25) is 0 Å². The van der Waals surface area contributed by atoms with E-state index >= 15 is 0 Å². The Kier molecular flexibility index (Phi) is 4.20. The van der Waals surface area contributed by atoms with Crippen LogP contribution in [0.5, 0.6) is 5.75 Å². The number of esters is 1. The highest BCUT2D eigenvalue weighted by molar-refractivity contribution is 6.01. The number of para-hydroxylation sites is 1. The zero-order chi connectivity index (χ0) is 13.8. The molecule has 0 spiro atoms. The summed E-state index contributed by atoms with van der Waals surface area (Å²) in [7, 11) is 0. The van der Waals surface area contributed by atoms with Gasteiger partial charge in [-0.25, -0.2) is 0 Å². The van der Waals surface area contributed by atoms with E-state index < -0.39 is 18.0 Å². The second-order valence-electron chi connectivity index (χ2n) is 4.53. The highest BCUT2D eigenvalue weighted by Gasteiger charge is 2.36. The molecule has 0 fully saturated rings. The van der Waals surface area contributed by atoms with Crippen LogP contribution in [0.4, 0.5) is 0 Å². The number of ether oxygens (including phenoxy) is 2. The van der Waals surface area contributed by atoms with Crippen LogP contribution in [0, 0.1) is 5.92 Å². The lowest BCUT2D eigenvalue weighted by Crippen LogP contribution is -2.36. The fourth-order valence-electron chi connectivity index (χ4n) is 2.29. The van der Waals surface area contributed by atoms with Gasteiger partial charge >= 0.3 is 5.97 Å².